The van der Waals surface area contributed by atoms with Gasteiger partial charge in [0, 0.05) is 10.1 Å². The molecule has 0 fully saturated rings. The predicted molar refractivity (Wildman–Crippen MR) is 64.0 cm³/mol. The van der Waals surface area contributed by atoms with Gasteiger partial charge in [-0.2, -0.15) is 0 Å². The van der Waals surface area contributed by atoms with E-state index in [1.54, 1.807) is 0 Å². The summed E-state index contributed by atoms with van der Waals surface area (Å²) in [6.07, 6.45) is 0. The van der Waals surface area contributed by atoms with E-state index in [9.17, 15) is 4.57 Å². The molecule has 2 unspecified atom stereocenters. The monoisotopic (exact) mass is 276 g/mol. The highest BCUT2D eigenvalue weighted by Gasteiger charge is 2.11. The summed E-state index contributed by atoms with van der Waals surface area (Å²) in [6, 6.07) is 7.66. The van der Waals surface area contributed by atoms with Gasteiger partial charge in [0.1, 0.15) is 0 Å². The van der Waals surface area contributed by atoms with Gasteiger partial charge in [0.15, 0.2) is 0 Å². The van der Waals surface area contributed by atoms with E-state index >= 15 is 0 Å². The third-order valence-electron chi connectivity index (χ3n) is 1.88. The van der Waals surface area contributed by atoms with E-state index in [2.05, 4.69) is 15.9 Å². The maximum atomic E-state index is 11.7. The van der Waals surface area contributed by atoms with E-state index < -0.39 is 8.03 Å². The molecule has 2 atom stereocenters. The van der Waals surface area contributed by atoms with Gasteiger partial charge in [0.05, 0.1) is 6.61 Å². The third-order valence-corrected chi connectivity index (χ3v) is 3.82. The molecule has 0 spiro atoms. The molecule has 0 aliphatic carbocycles. The molecule has 78 valence electrons. The molecule has 0 aliphatic heterocycles. The number of alkyl halides is 1. The van der Waals surface area contributed by atoms with Crippen molar-refractivity contribution in [2.75, 3.05) is 6.61 Å². The van der Waals surface area contributed by atoms with Crippen LogP contribution in [0.1, 0.15) is 24.2 Å². The largest absolute Gasteiger partial charge is 0.328 e. The highest BCUT2D eigenvalue weighted by Crippen LogP contribution is 2.29. The van der Waals surface area contributed by atoms with Gasteiger partial charge < -0.3 is 4.52 Å². The fourth-order valence-electron chi connectivity index (χ4n) is 1.24. The summed E-state index contributed by atoms with van der Waals surface area (Å²) in [4.78, 5) is 0.202. The average Bonchev–Trinajstić information content (AvgIpc) is 2.18. The average molecular weight is 277 g/mol. The van der Waals surface area contributed by atoms with Crippen molar-refractivity contribution < 1.29 is 9.09 Å². The maximum Gasteiger partial charge on any atom is 0.220 e. The Bertz CT molecular complexity index is 326. The topological polar surface area (TPSA) is 26.3 Å². The Morgan fingerprint density at radius 3 is 2.71 bits per heavy atom. The van der Waals surface area contributed by atoms with Crippen LogP contribution in [0.3, 0.4) is 0 Å². The summed E-state index contributed by atoms with van der Waals surface area (Å²) in [6.45, 7) is 4.35. The van der Waals surface area contributed by atoms with Crippen LogP contribution in [0.25, 0.3) is 0 Å². The predicted octanol–water partition coefficient (Wildman–Crippen LogP) is 3.28. The molecule has 1 aromatic carbocycles. The van der Waals surface area contributed by atoms with E-state index in [0.29, 0.717) is 6.61 Å². The lowest BCUT2D eigenvalue weighted by Gasteiger charge is -2.10. The highest BCUT2D eigenvalue weighted by atomic mass is 79.9. The Labute approximate surface area is 93.7 Å². The fourth-order valence-corrected chi connectivity index (χ4v) is 3.03. The van der Waals surface area contributed by atoms with E-state index in [4.69, 9.17) is 4.52 Å². The Hall–Kier alpha value is -0.110. The molecule has 0 saturated carbocycles. The van der Waals surface area contributed by atoms with Crippen LogP contribution < -0.4 is 5.30 Å². The summed E-state index contributed by atoms with van der Waals surface area (Å²) in [5.41, 5.74) is 1.05. The van der Waals surface area contributed by atoms with Crippen LogP contribution in [0.15, 0.2) is 24.3 Å². The standard InChI is InChI=1S/C10H14BrO2P/c1-3-13-14(12)10-7-5-4-6-9(10)8(2)11/h4-8,14H,3H2,1-2H3. The molecule has 0 radical (unpaired) electrons. The van der Waals surface area contributed by atoms with Crippen LogP contribution in [0.5, 0.6) is 0 Å². The molecule has 0 N–H and O–H groups in total. The van der Waals surface area contributed by atoms with Gasteiger partial charge in [-0.25, -0.2) is 0 Å². The first-order chi connectivity index (χ1) is 6.66. The first-order valence-electron chi connectivity index (χ1n) is 4.57. The van der Waals surface area contributed by atoms with E-state index in [0.717, 1.165) is 10.9 Å². The van der Waals surface area contributed by atoms with Crippen LogP contribution in [-0.4, -0.2) is 6.61 Å². The van der Waals surface area contributed by atoms with Gasteiger partial charge in [0.2, 0.25) is 8.03 Å². The Kier molecular flexibility index (Phi) is 4.86. The quantitative estimate of drug-likeness (QED) is 0.623. The van der Waals surface area contributed by atoms with E-state index in [1.807, 2.05) is 38.1 Å². The van der Waals surface area contributed by atoms with Crippen molar-refractivity contribution in [1.82, 2.24) is 0 Å². The summed E-state index contributed by atoms with van der Waals surface area (Å²) in [5.74, 6) is 0. The minimum Gasteiger partial charge on any atom is -0.328 e. The normalized spacial score (nSPS) is 15.1. The van der Waals surface area contributed by atoms with Crippen LogP contribution in [0.2, 0.25) is 0 Å². The minimum atomic E-state index is -2.07. The molecule has 0 aromatic heterocycles. The van der Waals surface area contributed by atoms with Crippen molar-refractivity contribution in [3.63, 3.8) is 0 Å². The first-order valence-corrected chi connectivity index (χ1v) is 6.80. The molecule has 1 aromatic rings. The number of hydrogen-bond acceptors (Lipinski definition) is 2. The highest BCUT2D eigenvalue weighted by molar-refractivity contribution is 9.09. The summed E-state index contributed by atoms with van der Waals surface area (Å²) < 4.78 is 16.9. The number of rotatable bonds is 4. The van der Waals surface area contributed by atoms with Crippen molar-refractivity contribution >= 4 is 29.3 Å². The van der Waals surface area contributed by atoms with Crippen LogP contribution >= 0.6 is 24.0 Å². The molecule has 0 aliphatic rings. The molecule has 1 rings (SSSR count). The SMILES string of the molecule is CCO[PH](=O)c1ccccc1C(C)Br. The Balaban J connectivity index is 3.00. The molecule has 0 bridgehead atoms. The van der Waals surface area contributed by atoms with Crippen molar-refractivity contribution in [3.05, 3.63) is 29.8 Å². The lowest BCUT2D eigenvalue weighted by atomic mass is 10.2. The van der Waals surface area contributed by atoms with Gasteiger partial charge in [-0.15, -0.1) is 0 Å². The maximum absolute atomic E-state index is 11.7. The second kappa shape index (κ2) is 5.69. The molecule has 4 heteroatoms. The first kappa shape index (κ1) is 12.0. The summed E-state index contributed by atoms with van der Waals surface area (Å²) >= 11 is 3.47. The molecule has 2 nitrogen and oxygen atoms in total. The zero-order valence-corrected chi connectivity index (χ0v) is 10.9. The molecule has 0 saturated heterocycles. The molecular weight excluding hydrogens is 263 g/mol. The van der Waals surface area contributed by atoms with E-state index in [-0.39, 0.29) is 4.83 Å². The lowest BCUT2D eigenvalue weighted by Crippen LogP contribution is -2.06. The Morgan fingerprint density at radius 2 is 2.14 bits per heavy atom. The van der Waals surface area contributed by atoms with Crippen molar-refractivity contribution in [2.24, 2.45) is 0 Å². The van der Waals surface area contributed by atoms with E-state index in [1.165, 1.54) is 0 Å². The van der Waals surface area contributed by atoms with Gasteiger partial charge in [-0.05, 0) is 25.5 Å². The number of benzene rings is 1. The van der Waals surface area contributed by atoms with Gasteiger partial charge in [-0.1, -0.05) is 34.1 Å². The minimum absolute atomic E-state index is 0.202. The third kappa shape index (κ3) is 2.94. The molecular formula is C10H14BrO2P. The van der Waals surface area contributed by atoms with Crippen LogP contribution in [0.4, 0.5) is 0 Å². The zero-order chi connectivity index (χ0) is 10.6. The van der Waals surface area contributed by atoms with Crippen molar-refractivity contribution in [2.45, 2.75) is 18.7 Å². The molecule has 0 amide bonds. The summed E-state index contributed by atoms with van der Waals surface area (Å²) in [5, 5.41) is 0.823. The van der Waals surface area contributed by atoms with Gasteiger partial charge in [0.25, 0.3) is 0 Å². The smallest absolute Gasteiger partial charge is 0.220 e. The zero-order valence-electron chi connectivity index (χ0n) is 8.29. The molecule has 0 heterocycles. The van der Waals surface area contributed by atoms with Crippen LogP contribution in [-0.2, 0) is 9.09 Å². The van der Waals surface area contributed by atoms with Gasteiger partial charge in [-0.3, -0.25) is 4.57 Å². The second-order valence-corrected chi connectivity index (χ2v) is 5.70. The second-order valence-electron chi connectivity index (χ2n) is 2.92. The van der Waals surface area contributed by atoms with Crippen molar-refractivity contribution in [1.29, 1.82) is 0 Å². The fraction of sp³-hybridized carbons (Fsp3) is 0.400. The van der Waals surface area contributed by atoms with Crippen molar-refractivity contribution in [3.8, 4) is 0 Å². The Morgan fingerprint density at radius 1 is 1.50 bits per heavy atom. The lowest BCUT2D eigenvalue weighted by molar-refractivity contribution is 0.357. The number of hydrogen-bond donors (Lipinski definition) is 0. The number of halogens is 1. The van der Waals surface area contributed by atoms with Crippen LogP contribution in [0, 0.1) is 0 Å². The molecule has 14 heavy (non-hydrogen) atoms. The summed E-state index contributed by atoms with van der Waals surface area (Å²) in [7, 11) is -2.07. The van der Waals surface area contributed by atoms with Gasteiger partial charge >= 0.3 is 0 Å².